The average molecular weight is 540 g/mol. The van der Waals surface area contributed by atoms with E-state index in [1.165, 1.54) is 24.5 Å². The fourth-order valence-corrected chi connectivity index (χ4v) is 5.02. The van der Waals surface area contributed by atoms with Gasteiger partial charge < -0.3 is 0 Å². The van der Waals surface area contributed by atoms with Crippen LogP contribution in [0.5, 0.6) is 0 Å². The molecule has 0 spiro atoms. The van der Waals surface area contributed by atoms with Gasteiger partial charge in [0.2, 0.25) is 16.0 Å². The van der Waals surface area contributed by atoms with Crippen LogP contribution >= 0.6 is 11.6 Å². The van der Waals surface area contributed by atoms with Gasteiger partial charge in [0.15, 0.2) is 0 Å². The summed E-state index contributed by atoms with van der Waals surface area (Å²) in [5.74, 6) is -0.305. The highest BCUT2D eigenvalue weighted by Crippen LogP contribution is 2.39. The number of aromatic nitrogens is 4. The fraction of sp³-hybridized carbons (Fsp3) is 0.174. The Labute approximate surface area is 208 Å². The lowest BCUT2D eigenvalue weighted by atomic mass is 10.1. The SMILES string of the molecule is C=CCc1cc2c(cc1F)c(Cl)c(-c1ccc(S(=O)(=O)NC(C)C(F)(F)F)cn1)n2-c1ncccn1. The number of sulfonamides is 1. The van der Waals surface area contributed by atoms with Crippen LogP contribution in [0.2, 0.25) is 5.02 Å². The molecule has 0 saturated carbocycles. The van der Waals surface area contributed by atoms with Crippen molar-refractivity contribution in [2.75, 3.05) is 0 Å². The molecule has 13 heteroatoms. The Kier molecular flexibility index (Phi) is 6.86. The predicted molar refractivity (Wildman–Crippen MR) is 127 cm³/mol. The van der Waals surface area contributed by atoms with Gasteiger partial charge in [-0.3, -0.25) is 9.55 Å². The number of nitrogens with one attached hydrogen (secondary N) is 1. The third-order valence-electron chi connectivity index (χ3n) is 5.30. The molecule has 1 unspecified atom stereocenters. The number of rotatable bonds is 7. The second-order valence-electron chi connectivity index (χ2n) is 7.76. The first-order valence-corrected chi connectivity index (χ1v) is 12.3. The number of allylic oxidation sites excluding steroid dienone is 1. The van der Waals surface area contributed by atoms with Crippen molar-refractivity contribution in [2.24, 2.45) is 0 Å². The van der Waals surface area contributed by atoms with E-state index < -0.39 is 33.0 Å². The largest absolute Gasteiger partial charge is 0.404 e. The quantitative estimate of drug-likeness (QED) is 0.256. The van der Waals surface area contributed by atoms with Gasteiger partial charge in [-0.05, 0) is 49.2 Å². The number of benzene rings is 1. The lowest BCUT2D eigenvalue weighted by Crippen LogP contribution is -2.42. The van der Waals surface area contributed by atoms with Crippen LogP contribution in [0.4, 0.5) is 17.6 Å². The Hall–Kier alpha value is -3.35. The second kappa shape index (κ2) is 9.60. The zero-order chi connectivity index (χ0) is 26.3. The third-order valence-corrected chi connectivity index (χ3v) is 7.21. The predicted octanol–water partition coefficient (Wildman–Crippen LogP) is 5.23. The number of pyridine rings is 1. The summed E-state index contributed by atoms with van der Waals surface area (Å²) in [6.07, 6.45) is 0.948. The number of hydrogen-bond acceptors (Lipinski definition) is 5. The van der Waals surface area contributed by atoms with Gasteiger partial charge in [-0.2, -0.15) is 17.9 Å². The summed E-state index contributed by atoms with van der Waals surface area (Å²) >= 11 is 6.64. The van der Waals surface area contributed by atoms with E-state index in [1.807, 2.05) is 0 Å². The maximum absolute atomic E-state index is 14.7. The molecule has 0 bridgehead atoms. The molecule has 0 fully saturated rings. The van der Waals surface area contributed by atoms with Gasteiger partial charge in [0.1, 0.15) is 16.8 Å². The molecule has 0 aliphatic rings. The van der Waals surface area contributed by atoms with Crippen molar-refractivity contribution >= 4 is 32.5 Å². The zero-order valence-electron chi connectivity index (χ0n) is 18.6. The van der Waals surface area contributed by atoms with E-state index in [0.29, 0.717) is 23.4 Å². The molecular weight excluding hydrogens is 522 g/mol. The van der Waals surface area contributed by atoms with Gasteiger partial charge in [0, 0.05) is 24.0 Å². The summed E-state index contributed by atoms with van der Waals surface area (Å²) in [6, 6.07) is 4.54. The summed E-state index contributed by atoms with van der Waals surface area (Å²) in [5.41, 5.74) is 1.24. The topological polar surface area (TPSA) is 89.8 Å². The molecule has 1 atom stereocenters. The minimum atomic E-state index is -4.76. The minimum absolute atomic E-state index is 0.105. The summed E-state index contributed by atoms with van der Waals surface area (Å²) < 4.78 is 81.1. The van der Waals surface area contributed by atoms with Crippen LogP contribution in [-0.2, 0) is 16.4 Å². The molecule has 1 aromatic carbocycles. The molecule has 188 valence electrons. The molecule has 0 amide bonds. The Morgan fingerprint density at radius 2 is 1.89 bits per heavy atom. The van der Waals surface area contributed by atoms with E-state index in [2.05, 4.69) is 21.5 Å². The number of nitrogens with zero attached hydrogens (tertiary/aromatic N) is 4. The number of hydrogen-bond donors (Lipinski definition) is 1. The van der Waals surface area contributed by atoms with Crippen molar-refractivity contribution in [3.05, 3.63) is 78.0 Å². The molecule has 0 aliphatic carbocycles. The molecule has 4 aromatic rings. The normalized spacial score (nSPS) is 13.2. The number of halogens is 5. The minimum Gasteiger partial charge on any atom is -0.275 e. The Balaban J connectivity index is 1.87. The van der Waals surface area contributed by atoms with Crippen LogP contribution in [0, 0.1) is 5.82 Å². The Bertz CT molecular complexity index is 1540. The molecule has 4 rings (SSSR count). The number of fused-ring (bicyclic) bond motifs is 1. The van der Waals surface area contributed by atoms with Crippen LogP contribution in [0.15, 0.2) is 66.5 Å². The molecule has 0 radical (unpaired) electrons. The summed E-state index contributed by atoms with van der Waals surface area (Å²) in [4.78, 5) is 12.2. The van der Waals surface area contributed by atoms with Gasteiger partial charge in [-0.1, -0.05) is 17.7 Å². The van der Waals surface area contributed by atoms with E-state index in [0.717, 1.165) is 12.3 Å². The van der Waals surface area contributed by atoms with Gasteiger partial charge >= 0.3 is 6.18 Å². The van der Waals surface area contributed by atoms with E-state index in [1.54, 1.807) is 27.5 Å². The monoisotopic (exact) mass is 539 g/mol. The smallest absolute Gasteiger partial charge is 0.275 e. The lowest BCUT2D eigenvalue weighted by Gasteiger charge is -2.17. The molecule has 7 nitrogen and oxygen atoms in total. The van der Waals surface area contributed by atoms with Gasteiger partial charge in [0.05, 0.1) is 21.9 Å². The van der Waals surface area contributed by atoms with Gasteiger partial charge in [-0.25, -0.2) is 22.8 Å². The molecule has 3 heterocycles. The molecule has 36 heavy (non-hydrogen) atoms. The third kappa shape index (κ3) is 4.84. The van der Waals surface area contributed by atoms with Crippen molar-refractivity contribution in [1.82, 2.24) is 24.2 Å². The van der Waals surface area contributed by atoms with Crippen molar-refractivity contribution in [3.63, 3.8) is 0 Å². The summed E-state index contributed by atoms with van der Waals surface area (Å²) in [7, 11) is -4.51. The summed E-state index contributed by atoms with van der Waals surface area (Å²) in [6.45, 7) is 4.33. The fourth-order valence-electron chi connectivity index (χ4n) is 3.51. The van der Waals surface area contributed by atoms with Crippen molar-refractivity contribution in [1.29, 1.82) is 0 Å². The van der Waals surface area contributed by atoms with Crippen molar-refractivity contribution in [2.45, 2.75) is 30.5 Å². The molecular formula is C23H18ClF4N5O2S. The molecule has 0 saturated heterocycles. The highest BCUT2D eigenvalue weighted by molar-refractivity contribution is 7.89. The first-order valence-electron chi connectivity index (χ1n) is 10.4. The molecule has 3 aromatic heterocycles. The van der Waals surface area contributed by atoms with Crippen LogP contribution in [-0.4, -0.2) is 40.2 Å². The maximum atomic E-state index is 14.7. The van der Waals surface area contributed by atoms with Crippen LogP contribution in [0.1, 0.15) is 12.5 Å². The average Bonchev–Trinajstić information content (AvgIpc) is 3.10. The first kappa shape index (κ1) is 25.7. The van der Waals surface area contributed by atoms with Crippen molar-refractivity contribution in [3.8, 4) is 17.3 Å². The summed E-state index contributed by atoms with van der Waals surface area (Å²) in [5, 5.41) is 0.442. The van der Waals surface area contributed by atoms with Crippen LogP contribution in [0.3, 0.4) is 0 Å². The maximum Gasteiger partial charge on any atom is 0.404 e. The Morgan fingerprint density at radius 3 is 2.47 bits per heavy atom. The van der Waals surface area contributed by atoms with E-state index >= 15 is 0 Å². The van der Waals surface area contributed by atoms with Crippen LogP contribution in [0.25, 0.3) is 28.2 Å². The first-order chi connectivity index (χ1) is 16.9. The van der Waals surface area contributed by atoms with Crippen molar-refractivity contribution < 1.29 is 26.0 Å². The second-order valence-corrected chi connectivity index (χ2v) is 9.86. The standard InChI is InChI=1S/C23H18ClF4N5O2S/c1-3-5-14-10-19-16(11-17(14)25)20(24)21(33(19)22-29-8-4-9-30-22)18-7-6-15(12-31-18)36(34,35)32-13(2)23(26,27)28/h3-4,6-13,32H,1,5H2,2H3. The zero-order valence-corrected chi connectivity index (χ0v) is 20.2. The Morgan fingerprint density at radius 1 is 1.19 bits per heavy atom. The van der Waals surface area contributed by atoms with E-state index in [9.17, 15) is 26.0 Å². The molecule has 0 aliphatic heterocycles. The van der Waals surface area contributed by atoms with E-state index in [-0.39, 0.29) is 28.8 Å². The van der Waals surface area contributed by atoms with Gasteiger partial charge in [-0.15, -0.1) is 6.58 Å². The van der Waals surface area contributed by atoms with E-state index in [4.69, 9.17) is 11.6 Å². The van der Waals surface area contributed by atoms with Crippen LogP contribution < -0.4 is 4.72 Å². The highest BCUT2D eigenvalue weighted by Gasteiger charge is 2.39. The highest BCUT2D eigenvalue weighted by atomic mass is 35.5. The molecule has 1 N–H and O–H groups in total. The number of alkyl halides is 3. The van der Waals surface area contributed by atoms with Gasteiger partial charge in [0.25, 0.3) is 0 Å². The lowest BCUT2D eigenvalue weighted by molar-refractivity contribution is -0.147.